The SMILES string of the molecule is CC(CO)C1CCC(C2CC2)O1. The second kappa shape index (κ2) is 3.35. The smallest absolute Gasteiger partial charge is 0.0627 e. The second-order valence-corrected chi connectivity index (χ2v) is 4.29. The molecule has 12 heavy (non-hydrogen) atoms. The number of aliphatic hydroxyl groups is 1. The lowest BCUT2D eigenvalue weighted by Gasteiger charge is -2.17. The number of aliphatic hydroxyl groups excluding tert-OH is 1. The molecule has 0 radical (unpaired) electrons. The average Bonchev–Trinajstić information content (AvgIpc) is 2.83. The summed E-state index contributed by atoms with van der Waals surface area (Å²) in [4.78, 5) is 0. The Morgan fingerprint density at radius 3 is 2.67 bits per heavy atom. The Hall–Kier alpha value is -0.0800. The highest BCUT2D eigenvalue weighted by molar-refractivity contribution is 4.88. The van der Waals surface area contributed by atoms with Gasteiger partial charge in [0.15, 0.2) is 0 Å². The summed E-state index contributed by atoms with van der Waals surface area (Å²) in [7, 11) is 0. The zero-order valence-electron chi connectivity index (χ0n) is 7.70. The van der Waals surface area contributed by atoms with E-state index in [0.29, 0.717) is 18.1 Å². The Labute approximate surface area is 73.9 Å². The standard InChI is InChI=1S/C10H18O2/c1-7(6-11)9-4-5-10(12-9)8-2-3-8/h7-11H,2-6H2,1H3. The van der Waals surface area contributed by atoms with Crippen molar-refractivity contribution in [3.8, 4) is 0 Å². The first kappa shape index (κ1) is 8.52. The predicted octanol–water partition coefficient (Wildman–Crippen LogP) is 1.57. The second-order valence-electron chi connectivity index (χ2n) is 4.29. The molecule has 1 heterocycles. The van der Waals surface area contributed by atoms with Gasteiger partial charge in [-0.2, -0.15) is 0 Å². The molecular weight excluding hydrogens is 152 g/mol. The molecule has 0 bridgehead atoms. The maximum absolute atomic E-state index is 8.96. The van der Waals surface area contributed by atoms with Crippen molar-refractivity contribution in [3.05, 3.63) is 0 Å². The summed E-state index contributed by atoms with van der Waals surface area (Å²) in [5.41, 5.74) is 0. The van der Waals surface area contributed by atoms with Gasteiger partial charge in [-0.15, -0.1) is 0 Å². The summed E-state index contributed by atoms with van der Waals surface area (Å²) < 4.78 is 5.88. The Kier molecular flexibility index (Phi) is 2.37. The van der Waals surface area contributed by atoms with E-state index in [9.17, 15) is 0 Å². The summed E-state index contributed by atoms with van der Waals surface area (Å²) >= 11 is 0. The van der Waals surface area contributed by atoms with E-state index in [4.69, 9.17) is 9.84 Å². The fourth-order valence-electron chi connectivity index (χ4n) is 2.04. The van der Waals surface area contributed by atoms with Crippen molar-refractivity contribution < 1.29 is 9.84 Å². The van der Waals surface area contributed by atoms with Crippen LogP contribution in [0.4, 0.5) is 0 Å². The topological polar surface area (TPSA) is 29.5 Å². The largest absolute Gasteiger partial charge is 0.396 e. The third-order valence-corrected chi connectivity index (χ3v) is 3.16. The highest BCUT2D eigenvalue weighted by Gasteiger charge is 2.38. The van der Waals surface area contributed by atoms with Crippen molar-refractivity contribution in [2.45, 2.75) is 44.8 Å². The number of rotatable bonds is 3. The molecule has 0 aromatic heterocycles. The lowest BCUT2D eigenvalue weighted by Crippen LogP contribution is -2.22. The van der Waals surface area contributed by atoms with Gasteiger partial charge in [-0.25, -0.2) is 0 Å². The first-order chi connectivity index (χ1) is 5.81. The zero-order valence-corrected chi connectivity index (χ0v) is 7.70. The van der Waals surface area contributed by atoms with Crippen molar-refractivity contribution in [3.63, 3.8) is 0 Å². The molecule has 1 aliphatic carbocycles. The minimum absolute atomic E-state index is 0.266. The molecule has 2 nitrogen and oxygen atoms in total. The van der Waals surface area contributed by atoms with Gasteiger partial charge < -0.3 is 9.84 Å². The van der Waals surface area contributed by atoms with Crippen molar-refractivity contribution >= 4 is 0 Å². The van der Waals surface area contributed by atoms with E-state index in [0.717, 1.165) is 12.3 Å². The highest BCUT2D eigenvalue weighted by atomic mass is 16.5. The molecule has 1 saturated heterocycles. The highest BCUT2D eigenvalue weighted by Crippen LogP contribution is 2.41. The molecule has 0 spiro atoms. The number of ether oxygens (including phenoxy) is 1. The van der Waals surface area contributed by atoms with Crippen LogP contribution < -0.4 is 0 Å². The van der Waals surface area contributed by atoms with E-state index >= 15 is 0 Å². The van der Waals surface area contributed by atoms with Gasteiger partial charge in [-0.05, 0) is 31.6 Å². The van der Waals surface area contributed by atoms with E-state index in [-0.39, 0.29) is 6.61 Å². The van der Waals surface area contributed by atoms with Crippen molar-refractivity contribution in [2.75, 3.05) is 6.61 Å². The Morgan fingerprint density at radius 1 is 1.33 bits per heavy atom. The molecule has 0 aromatic carbocycles. The van der Waals surface area contributed by atoms with E-state index in [1.807, 2.05) is 0 Å². The van der Waals surface area contributed by atoms with E-state index in [1.54, 1.807) is 0 Å². The Morgan fingerprint density at radius 2 is 2.08 bits per heavy atom. The number of hydrogen-bond donors (Lipinski definition) is 1. The summed E-state index contributed by atoms with van der Waals surface area (Å²) in [6.45, 7) is 2.34. The third-order valence-electron chi connectivity index (χ3n) is 3.16. The predicted molar refractivity (Wildman–Crippen MR) is 46.9 cm³/mol. The fraction of sp³-hybridized carbons (Fsp3) is 1.00. The molecule has 2 heteroatoms. The van der Waals surface area contributed by atoms with Crippen molar-refractivity contribution in [1.29, 1.82) is 0 Å². The molecule has 2 rings (SSSR count). The summed E-state index contributed by atoms with van der Waals surface area (Å²) in [5.74, 6) is 1.19. The van der Waals surface area contributed by atoms with Gasteiger partial charge in [0.2, 0.25) is 0 Å². The minimum Gasteiger partial charge on any atom is -0.396 e. The van der Waals surface area contributed by atoms with E-state index in [1.165, 1.54) is 19.3 Å². The molecule has 0 aromatic rings. The van der Waals surface area contributed by atoms with Crippen LogP contribution in [0.5, 0.6) is 0 Å². The molecule has 1 N–H and O–H groups in total. The first-order valence-electron chi connectivity index (χ1n) is 5.07. The van der Waals surface area contributed by atoms with Crippen LogP contribution in [0.2, 0.25) is 0 Å². The fourth-order valence-corrected chi connectivity index (χ4v) is 2.04. The van der Waals surface area contributed by atoms with Crippen LogP contribution in [-0.4, -0.2) is 23.9 Å². The van der Waals surface area contributed by atoms with Gasteiger partial charge in [-0.1, -0.05) is 6.92 Å². The molecule has 2 aliphatic rings. The van der Waals surface area contributed by atoms with E-state index < -0.39 is 0 Å². The van der Waals surface area contributed by atoms with Gasteiger partial charge in [-0.3, -0.25) is 0 Å². The maximum atomic E-state index is 8.96. The molecule has 0 amide bonds. The molecule has 70 valence electrons. The number of hydrogen-bond acceptors (Lipinski definition) is 2. The van der Waals surface area contributed by atoms with Crippen LogP contribution in [-0.2, 0) is 4.74 Å². The van der Waals surface area contributed by atoms with Crippen LogP contribution in [0, 0.1) is 11.8 Å². The van der Waals surface area contributed by atoms with Gasteiger partial charge >= 0.3 is 0 Å². The van der Waals surface area contributed by atoms with Gasteiger partial charge in [0.25, 0.3) is 0 Å². The lowest BCUT2D eigenvalue weighted by atomic mass is 10.0. The monoisotopic (exact) mass is 170 g/mol. The van der Waals surface area contributed by atoms with E-state index in [2.05, 4.69) is 6.92 Å². The minimum atomic E-state index is 0.266. The quantitative estimate of drug-likeness (QED) is 0.696. The van der Waals surface area contributed by atoms with Crippen LogP contribution >= 0.6 is 0 Å². The Balaban J connectivity index is 1.80. The zero-order chi connectivity index (χ0) is 8.55. The van der Waals surface area contributed by atoms with Crippen LogP contribution in [0.25, 0.3) is 0 Å². The van der Waals surface area contributed by atoms with Crippen molar-refractivity contribution in [2.24, 2.45) is 11.8 Å². The average molecular weight is 170 g/mol. The summed E-state index contributed by atoms with van der Waals surface area (Å²) in [6, 6.07) is 0. The molecule has 1 saturated carbocycles. The van der Waals surface area contributed by atoms with Crippen LogP contribution in [0.1, 0.15) is 32.6 Å². The van der Waals surface area contributed by atoms with Crippen LogP contribution in [0.3, 0.4) is 0 Å². The van der Waals surface area contributed by atoms with Gasteiger partial charge in [0.1, 0.15) is 0 Å². The molecule has 3 atom stereocenters. The maximum Gasteiger partial charge on any atom is 0.0627 e. The first-order valence-corrected chi connectivity index (χ1v) is 5.07. The van der Waals surface area contributed by atoms with Crippen molar-refractivity contribution in [1.82, 2.24) is 0 Å². The third kappa shape index (κ3) is 1.64. The molecule has 3 unspecified atom stereocenters. The van der Waals surface area contributed by atoms with Gasteiger partial charge in [0.05, 0.1) is 12.2 Å². The molecular formula is C10H18O2. The molecule has 1 aliphatic heterocycles. The summed E-state index contributed by atoms with van der Waals surface area (Å²) in [6.07, 6.45) is 5.97. The Bertz CT molecular complexity index is 154. The summed E-state index contributed by atoms with van der Waals surface area (Å²) in [5, 5.41) is 8.96. The normalized spacial score (nSPS) is 38.5. The molecule has 2 fully saturated rings. The van der Waals surface area contributed by atoms with Crippen LogP contribution in [0.15, 0.2) is 0 Å². The lowest BCUT2D eigenvalue weighted by molar-refractivity contribution is -0.00846. The van der Waals surface area contributed by atoms with Gasteiger partial charge in [0, 0.05) is 12.5 Å².